The van der Waals surface area contributed by atoms with E-state index < -0.39 is 5.97 Å². The molecule has 0 aliphatic heterocycles. The number of esters is 1. The molecule has 136 valence electrons. The molecule has 0 heterocycles. The molecule has 1 aliphatic rings. The highest BCUT2D eigenvalue weighted by molar-refractivity contribution is 5.93. The Morgan fingerprint density at radius 3 is 2.77 bits per heavy atom. The van der Waals surface area contributed by atoms with Crippen LogP contribution in [0.2, 0.25) is 0 Å². The number of methoxy groups -OCH3 is 1. The van der Waals surface area contributed by atoms with E-state index in [4.69, 9.17) is 4.74 Å². The van der Waals surface area contributed by atoms with Crippen molar-refractivity contribution >= 4 is 17.7 Å². The monoisotopic (exact) mass is 354 g/mol. The van der Waals surface area contributed by atoms with Gasteiger partial charge in [0, 0.05) is 5.69 Å². The Balaban J connectivity index is 1.42. The molecule has 2 N–H and O–H groups in total. The van der Waals surface area contributed by atoms with Crippen molar-refractivity contribution in [1.29, 1.82) is 0 Å². The number of carbonyl (C=O) groups is 2. The first-order valence-electron chi connectivity index (χ1n) is 8.63. The number of hydrogen-bond acceptors (Lipinski definition) is 4. The summed E-state index contributed by atoms with van der Waals surface area (Å²) in [6, 6.07) is 12.4. The molecule has 0 bridgehead atoms. The molecule has 0 atom stereocenters. The minimum atomic E-state index is -0.447. The molecule has 2 aromatic carbocycles. The standard InChI is InChI=1S/C20H22N2O4/c1-25-19(23)16-6-3-7-17(12-16)22-20(24)21-10-11-26-18-9-8-14-4-2-5-15(14)13-18/h3,6-9,12-13H,2,4-5,10-11H2,1H3,(H2,21,22,24). The third-order valence-corrected chi connectivity index (χ3v) is 4.27. The molecule has 2 aromatic rings. The fourth-order valence-corrected chi connectivity index (χ4v) is 2.99. The molecule has 0 saturated heterocycles. The van der Waals surface area contributed by atoms with Gasteiger partial charge in [0.1, 0.15) is 12.4 Å². The number of rotatable bonds is 6. The van der Waals surface area contributed by atoms with Gasteiger partial charge in [-0.05, 0) is 60.7 Å². The van der Waals surface area contributed by atoms with Crippen molar-refractivity contribution in [2.75, 3.05) is 25.6 Å². The number of aryl methyl sites for hydroxylation is 2. The number of benzene rings is 2. The molecular formula is C20H22N2O4. The third-order valence-electron chi connectivity index (χ3n) is 4.27. The minimum absolute atomic E-state index is 0.357. The van der Waals surface area contributed by atoms with Gasteiger partial charge in [0.2, 0.25) is 0 Å². The van der Waals surface area contributed by atoms with E-state index in [1.165, 1.54) is 24.7 Å². The zero-order chi connectivity index (χ0) is 18.4. The van der Waals surface area contributed by atoms with Crippen molar-refractivity contribution in [3.05, 3.63) is 59.2 Å². The van der Waals surface area contributed by atoms with E-state index in [1.807, 2.05) is 6.07 Å². The lowest BCUT2D eigenvalue weighted by Gasteiger charge is -2.10. The Morgan fingerprint density at radius 2 is 1.92 bits per heavy atom. The number of amides is 2. The average Bonchev–Trinajstić information content (AvgIpc) is 3.12. The van der Waals surface area contributed by atoms with Crippen LogP contribution >= 0.6 is 0 Å². The van der Waals surface area contributed by atoms with E-state index in [0.717, 1.165) is 18.6 Å². The zero-order valence-electron chi connectivity index (χ0n) is 14.7. The Morgan fingerprint density at radius 1 is 1.08 bits per heavy atom. The lowest BCUT2D eigenvalue weighted by molar-refractivity contribution is 0.0600. The second-order valence-electron chi connectivity index (χ2n) is 6.09. The van der Waals surface area contributed by atoms with Gasteiger partial charge in [0.05, 0.1) is 19.2 Å². The Hall–Kier alpha value is -3.02. The van der Waals surface area contributed by atoms with Gasteiger partial charge in [0.25, 0.3) is 0 Å². The predicted octanol–water partition coefficient (Wildman–Crippen LogP) is 3.16. The highest BCUT2D eigenvalue weighted by Gasteiger charge is 2.11. The summed E-state index contributed by atoms with van der Waals surface area (Å²) in [7, 11) is 1.32. The van der Waals surface area contributed by atoms with Gasteiger partial charge in [-0.15, -0.1) is 0 Å². The molecule has 1 aliphatic carbocycles. The quantitative estimate of drug-likeness (QED) is 0.617. The molecule has 2 amide bonds. The van der Waals surface area contributed by atoms with Crippen LogP contribution in [0.1, 0.15) is 27.9 Å². The van der Waals surface area contributed by atoms with E-state index >= 15 is 0 Å². The van der Waals surface area contributed by atoms with Crippen LogP contribution in [0.3, 0.4) is 0 Å². The van der Waals surface area contributed by atoms with E-state index in [2.05, 4.69) is 27.5 Å². The van der Waals surface area contributed by atoms with Crippen molar-refractivity contribution in [3.63, 3.8) is 0 Å². The van der Waals surface area contributed by atoms with E-state index in [1.54, 1.807) is 24.3 Å². The van der Waals surface area contributed by atoms with Crippen molar-refractivity contribution in [3.8, 4) is 5.75 Å². The number of carbonyl (C=O) groups excluding carboxylic acids is 2. The Bertz CT molecular complexity index is 804. The summed E-state index contributed by atoms with van der Waals surface area (Å²) in [6.45, 7) is 0.758. The van der Waals surface area contributed by atoms with Gasteiger partial charge in [-0.3, -0.25) is 0 Å². The molecule has 0 aromatic heterocycles. The summed E-state index contributed by atoms with van der Waals surface area (Å²) in [5, 5.41) is 5.41. The van der Waals surface area contributed by atoms with E-state index in [-0.39, 0.29) is 6.03 Å². The fraction of sp³-hybridized carbons (Fsp3) is 0.300. The number of fused-ring (bicyclic) bond motifs is 1. The van der Waals surface area contributed by atoms with Gasteiger partial charge >= 0.3 is 12.0 Å². The van der Waals surface area contributed by atoms with Crippen LogP contribution in [0.25, 0.3) is 0 Å². The highest BCUT2D eigenvalue weighted by atomic mass is 16.5. The molecule has 0 unspecified atom stereocenters. The summed E-state index contributed by atoms with van der Waals surface area (Å²) in [4.78, 5) is 23.4. The van der Waals surface area contributed by atoms with Gasteiger partial charge < -0.3 is 20.1 Å². The second kappa shape index (κ2) is 8.38. The van der Waals surface area contributed by atoms with Gasteiger partial charge in [-0.2, -0.15) is 0 Å². The lowest BCUT2D eigenvalue weighted by Crippen LogP contribution is -2.32. The molecule has 0 spiro atoms. The number of nitrogens with one attached hydrogen (secondary N) is 2. The first kappa shape index (κ1) is 17.8. The van der Waals surface area contributed by atoms with Crippen molar-refractivity contribution in [2.45, 2.75) is 19.3 Å². The molecular weight excluding hydrogens is 332 g/mol. The predicted molar refractivity (Wildman–Crippen MR) is 98.8 cm³/mol. The smallest absolute Gasteiger partial charge is 0.337 e. The first-order valence-corrected chi connectivity index (χ1v) is 8.63. The van der Waals surface area contributed by atoms with Gasteiger partial charge in [-0.1, -0.05) is 12.1 Å². The Kier molecular flexibility index (Phi) is 5.73. The molecule has 3 rings (SSSR count). The molecule has 6 heteroatoms. The summed E-state index contributed by atoms with van der Waals surface area (Å²) < 4.78 is 10.4. The number of urea groups is 1. The topological polar surface area (TPSA) is 76.7 Å². The normalized spacial score (nSPS) is 12.2. The maximum Gasteiger partial charge on any atom is 0.337 e. The maximum atomic E-state index is 11.9. The average molecular weight is 354 g/mol. The highest BCUT2D eigenvalue weighted by Crippen LogP contribution is 2.25. The summed E-state index contributed by atoms with van der Waals surface area (Å²) in [5.41, 5.74) is 3.66. The Labute approximate surface area is 152 Å². The van der Waals surface area contributed by atoms with Crippen molar-refractivity contribution < 1.29 is 19.1 Å². The van der Waals surface area contributed by atoms with Crippen LogP contribution in [0.5, 0.6) is 5.75 Å². The molecule has 6 nitrogen and oxygen atoms in total. The lowest BCUT2D eigenvalue weighted by atomic mass is 10.1. The summed E-state index contributed by atoms with van der Waals surface area (Å²) >= 11 is 0. The van der Waals surface area contributed by atoms with Gasteiger partial charge in [-0.25, -0.2) is 9.59 Å². The van der Waals surface area contributed by atoms with Crippen LogP contribution in [0.4, 0.5) is 10.5 Å². The van der Waals surface area contributed by atoms with Gasteiger partial charge in [0.15, 0.2) is 0 Å². The van der Waals surface area contributed by atoms with Crippen molar-refractivity contribution in [1.82, 2.24) is 5.32 Å². The number of ether oxygens (including phenoxy) is 2. The fourth-order valence-electron chi connectivity index (χ4n) is 2.99. The third kappa shape index (κ3) is 4.53. The SMILES string of the molecule is COC(=O)c1cccc(NC(=O)NCCOc2ccc3c(c2)CCC3)c1. The van der Waals surface area contributed by atoms with Crippen molar-refractivity contribution in [2.24, 2.45) is 0 Å². The summed E-state index contributed by atoms with van der Waals surface area (Å²) in [5.74, 6) is 0.385. The second-order valence-corrected chi connectivity index (χ2v) is 6.09. The van der Waals surface area contributed by atoms with Crippen LogP contribution in [0.15, 0.2) is 42.5 Å². The molecule has 26 heavy (non-hydrogen) atoms. The number of hydrogen-bond donors (Lipinski definition) is 2. The maximum absolute atomic E-state index is 11.9. The molecule has 0 saturated carbocycles. The van der Waals surface area contributed by atoms with E-state index in [0.29, 0.717) is 24.4 Å². The number of anilines is 1. The van der Waals surface area contributed by atoms with Crippen LogP contribution in [-0.2, 0) is 17.6 Å². The first-order chi connectivity index (χ1) is 12.7. The van der Waals surface area contributed by atoms with E-state index in [9.17, 15) is 9.59 Å². The molecule has 0 fully saturated rings. The largest absolute Gasteiger partial charge is 0.492 e. The van der Waals surface area contributed by atoms with Crippen LogP contribution < -0.4 is 15.4 Å². The zero-order valence-corrected chi connectivity index (χ0v) is 14.7. The van der Waals surface area contributed by atoms with Crippen LogP contribution in [0, 0.1) is 0 Å². The van der Waals surface area contributed by atoms with Crippen LogP contribution in [-0.4, -0.2) is 32.3 Å². The summed E-state index contributed by atoms with van der Waals surface area (Å²) in [6.07, 6.45) is 3.46. The minimum Gasteiger partial charge on any atom is -0.492 e. The molecule has 0 radical (unpaired) electrons.